The second kappa shape index (κ2) is 2.12. The number of carbonyl (C=O) groups is 1. The van der Waals surface area contributed by atoms with Crippen molar-refractivity contribution in [2.45, 2.75) is 44.9 Å². The Morgan fingerprint density at radius 1 is 1.08 bits per heavy atom. The first-order valence-electron chi connectivity index (χ1n) is 5.37. The van der Waals surface area contributed by atoms with E-state index >= 15 is 0 Å². The van der Waals surface area contributed by atoms with Crippen LogP contribution in [0, 0.1) is 17.3 Å². The highest BCUT2D eigenvalue weighted by Gasteiger charge is 2.59. The van der Waals surface area contributed by atoms with Gasteiger partial charge in [-0.25, -0.2) is 0 Å². The van der Waals surface area contributed by atoms with Gasteiger partial charge in [0.15, 0.2) is 0 Å². The number of Topliss-reactive ketones (excluding diaryl/α,β-unsaturated/α-hetero) is 1. The van der Waals surface area contributed by atoms with Crippen molar-refractivity contribution in [3.05, 3.63) is 0 Å². The van der Waals surface area contributed by atoms with Gasteiger partial charge >= 0.3 is 0 Å². The summed E-state index contributed by atoms with van der Waals surface area (Å²) in [7, 11) is 0. The van der Waals surface area contributed by atoms with E-state index in [1.165, 1.54) is 38.5 Å². The lowest BCUT2D eigenvalue weighted by Gasteiger charge is -2.27. The Morgan fingerprint density at radius 2 is 1.67 bits per heavy atom. The van der Waals surface area contributed by atoms with Gasteiger partial charge in [0.2, 0.25) is 0 Å². The SMILES string of the molecule is O=C1CCCC12C1CCC2CC1. The molecule has 1 heteroatoms. The minimum Gasteiger partial charge on any atom is -0.299 e. The number of hydrogen-bond acceptors (Lipinski definition) is 1. The molecule has 0 unspecified atom stereocenters. The van der Waals surface area contributed by atoms with Gasteiger partial charge in [-0.2, -0.15) is 0 Å². The van der Waals surface area contributed by atoms with Crippen LogP contribution in [0.2, 0.25) is 0 Å². The Kier molecular flexibility index (Phi) is 1.26. The molecule has 0 radical (unpaired) electrons. The molecular weight excluding hydrogens is 148 g/mol. The normalized spacial score (nSPS) is 51.2. The Labute approximate surface area is 73.5 Å². The monoisotopic (exact) mass is 164 g/mol. The van der Waals surface area contributed by atoms with Gasteiger partial charge in [-0.1, -0.05) is 0 Å². The van der Waals surface area contributed by atoms with Crippen LogP contribution in [0.1, 0.15) is 44.9 Å². The maximum Gasteiger partial charge on any atom is 0.139 e. The predicted octanol–water partition coefficient (Wildman–Crippen LogP) is 2.55. The van der Waals surface area contributed by atoms with Crippen LogP contribution in [0.25, 0.3) is 0 Å². The Bertz CT molecular complexity index is 211. The minimum absolute atomic E-state index is 0.236. The zero-order chi connectivity index (χ0) is 8.18. The lowest BCUT2D eigenvalue weighted by molar-refractivity contribution is -0.128. The van der Waals surface area contributed by atoms with Crippen molar-refractivity contribution in [3.63, 3.8) is 0 Å². The molecule has 0 aliphatic heterocycles. The summed E-state index contributed by atoms with van der Waals surface area (Å²) in [6.45, 7) is 0. The first-order chi connectivity index (χ1) is 5.84. The second-order valence-electron chi connectivity index (χ2n) is 4.87. The number of rotatable bonds is 0. The fraction of sp³-hybridized carbons (Fsp3) is 0.909. The van der Waals surface area contributed by atoms with E-state index in [0.717, 1.165) is 18.3 Å². The fourth-order valence-corrected chi connectivity index (χ4v) is 4.23. The zero-order valence-electron chi connectivity index (χ0n) is 7.51. The highest BCUT2D eigenvalue weighted by molar-refractivity contribution is 5.88. The van der Waals surface area contributed by atoms with Crippen LogP contribution in [-0.2, 0) is 4.79 Å². The fourth-order valence-electron chi connectivity index (χ4n) is 4.23. The van der Waals surface area contributed by atoms with Crippen LogP contribution in [0.3, 0.4) is 0 Å². The third-order valence-electron chi connectivity index (χ3n) is 4.70. The van der Waals surface area contributed by atoms with Crippen molar-refractivity contribution in [1.29, 1.82) is 0 Å². The van der Waals surface area contributed by atoms with Crippen molar-refractivity contribution >= 4 is 5.78 Å². The molecule has 3 fully saturated rings. The largest absolute Gasteiger partial charge is 0.299 e. The average molecular weight is 164 g/mol. The molecular formula is C11H16O. The third kappa shape index (κ3) is 0.605. The quantitative estimate of drug-likeness (QED) is 0.537. The molecule has 2 bridgehead atoms. The van der Waals surface area contributed by atoms with Crippen LogP contribution < -0.4 is 0 Å². The summed E-state index contributed by atoms with van der Waals surface area (Å²) in [5, 5.41) is 0. The van der Waals surface area contributed by atoms with Crippen molar-refractivity contribution < 1.29 is 4.79 Å². The molecule has 0 N–H and O–H groups in total. The lowest BCUT2D eigenvalue weighted by atomic mass is 9.75. The van der Waals surface area contributed by atoms with Gasteiger partial charge in [0.05, 0.1) is 0 Å². The van der Waals surface area contributed by atoms with Crippen molar-refractivity contribution in [3.8, 4) is 0 Å². The number of ketones is 1. The second-order valence-corrected chi connectivity index (χ2v) is 4.87. The van der Waals surface area contributed by atoms with Gasteiger partial charge < -0.3 is 0 Å². The minimum atomic E-state index is 0.236. The molecule has 0 aromatic heterocycles. The highest BCUT2D eigenvalue weighted by atomic mass is 16.1. The maximum absolute atomic E-state index is 11.9. The van der Waals surface area contributed by atoms with Crippen molar-refractivity contribution in [2.24, 2.45) is 17.3 Å². The highest BCUT2D eigenvalue weighted by Crippen LogP contribution is 2.63. The molecule has 12 heavy (non-hydrogen) atoms. The van der Waals surface area contributed by atoms with E-state index in [2.05, 4.69) is 0 Å². The molecule has 0 saturated heterocycles. The lowest BCUT2D eigenvalue weighted by Crippen LogP contribution is -2.30. The third-order valence-corrected chi connectivity index (χ3v) is 4.70. The van der Waals surface area contributed by atoms with Gasteiger partial charge in [0.1, 0.15) is 5.78 Å². The first-order valence-corrected chi connectivity index (χ1v) is 5.37. The van der Waals surface area contributed by atoms with Crippen LogP contribution >= 0.6 is 0 Å². The summed E-state index contributed by atoms with van der Waals surface area (Å²) in [5.41, 5.74) is 0.236. The molecule has 0 aromatic carbocycles. The predicted molar refractivity (Wildman–Crippen MR) is 46.7 cm³/mol. The van der Waals surface area contributed by atoms with Crippen molar-refractivity contribution in [2.75, 3.05) is 0 Å². The molecule has 3 saturated carbocycles. The number of carbonyl (C=O) groups excluding carboxylic acids is 1. The van der Waals surface area contributed by atoms with Crippen LogP contribution in [0.15, 0.2) is 0 Å². The molecule has 0 amide bonds. The summed E-state index contributed by atoms with van der Waals surface area (Å²) in [4.78, 5) is 11.9. The van der Waals surface area contributed by atoms with Gasteiger partial charge in [0, 0.05) is 11.8 Å². The topological polar surface area (TPSA) is 17.1 Å². The van der Waals surface area contributed by atoms with E-state index in [1.807, 2.05) is 0 Å². The standard InChI is InChI=1S/C11H16O/c12-10-2-1-7-11(10)8-3-4-9(11)6-5-8/h8-9H,1-7H2. The van der Waals surface area contributed by atoms with Crippen molar-refractivity contribution in [1.82, 2.24) is 0 Å². The molecule has 0 aromatic rings. The zero-order valence-corrected chi connectivity index (χ0v) is 7.51. The van der Waals surface area contributed by atoms with E-state index in [9.17, 15) is 4.79 Å². The Morgan fingerprint density at radius 3 is 2.08 bits per heavy atom. The summed E-state index contributed by atoms with van der Waals surface area (Å²) in [6, 6.07) is 0. The Balaban J connectivity index is 2.04. The number of hydrogen-bond donors (Lipinski definition) is 0. The van der Waals surface area contributed by atoms with Gasteiger partial charge in [0.25, 0.3) is 0 Å². The van der Waals surface area contributed by atoms with Crippen LogP contribution in [0.4, 0.5) is 0 Å². The van der Waals surface area contributed by atoms with E-state index in [1.54, 1.807) is 0 Å². The average Bonchev–Trinajstić information content (AvgIpc) is 2.73. The van der Waals surface area contributed by atoms with Gasteiger partial charge in [-0.3, -0.25) is 4.79 Å². The van der Waals surface area contributed by atoms with Crippen LogP contribution in [0.5, 0.6) is 0 Å². The van der Waals surface area contributed by atoms with E-state index in [-0.39, 0.29) is 5.41 Å². The van der Waals surface area contributed by atoms with E-state index in [0.29, 0.717) is 5.78 Å². The molecule has 3 aliphatic carbocycles. The molecule has 3 aliphatic rings. The molecule has 66 valence electrons. The van der Waals surface area contributed by atoms with Gasteiger partial charge in [-0.15, -0.1) is 0 Å². The smallest absolute Gasteiger partial charge is 0.139 e. The Hall–Kier alpha value is -0.330. The molecule has 3 rings (SSSR count). The van der Waals surface area contributed by atoms with Crippen LogP contribution in [-0.4, -0.2) is 5.78 Å². The molecule has 1 spiro atoms. The van der Waals surface area contributed by atoms with E-state index < -0.39 is 0 Å². The molecule has 1 nitrogen and oxygen atoms in total. The molecule has 0 atom stereocenters. The molecule has 0 heterocycles. The van der Waals surface area contributed by atoms with E-state index in [4.69, 9.17) is 0 Å². The first kappa shape index (κ1) is 7.11. The maximum atomic E-state index is 11.9. The summed E-state index contributed by atoms with van der Waals surface area (Å²) < 4.78 is 0. The van der Waals surface area contributed by atoms with Gasteiger partial charge in [-0.05, 0) is 50.4 Å². The summed E-state index contributed by atoms with van der Waals surface area (Å²) in [6.07, 6.45) is 8.75. The summed E-state index contributed by atoms with van der Waals surface area (Å²) in [5.74, 6) is 2.24. The summed E-state index contributed by atoms with van der Waals surface area (Å²) >= 11 is 0.